The average molecular weight is 390 g/mol. The molecule has 0 radical (unpaired) electrons. The second-order valence-electron chi connectivity index (χ2n) is 8.15. The largest absolute Gasteiger partial charge is 0.326 e. The molecule has 6 heteroatoms. The molecule has 1 unspecified atom stereocenters. The Labute approximate surface area is 169 Å². The number of Topliss-reactive ketones (excluding diaryl/α,β-unsaturated/α-hetero) is 2. The van der Waals surface area contributed by atoms with Crippen molar-refractivity contribution in [3.63, 3.8) is 0 Å². The lowest BCUT2D eigenvalue weighted by Gasteiger charge is -2.41. The summed E-state index contributed by atoms with van der Waals surface area (Å²) in [5, 5.41) is 2.10. The highest BCUT2D eigenvalue weighted by Crippen LogP contribution is 2.54. The fourth-order valence-electron chi connectivity index (χ4n) is 4.78. The van der Waals surface area contributed by atoms with Crippen LogP contribution in [0.1, 0.15) is 12.0 Å². The monoisotopic (exact) mass is 390 g/mol. The molecule has 1 aliphatic carbocycles. The van der Waals surface area contributed by atoms with Crippen molar-refractivity contribution in [1.29, 1.82) is 0 Å². The van der Waals surface area contributed by atoms with E-state index in [9.17, 15) is 9.59 Å². The number of hydrogen-bond donors (Lipinski definition) is 0. The van der Waals surface area contributed by atoms with E-state index in [1.54, 1.807) is 7.11 Å². The van der Waals surface area contributed by atoms with Crippen molar-refractivity contribution in [3.8, 4) is 0 Å². The molecule has 0 N–H and O–H groups in total. The Bertz CT molecular complexity index is 1130. The van der Waals surface area contributed by atoms with E-state index in [2.05, 4.69) is 15.9 Å². The highest BCUT2D eigenvalue weighted by Gasteiger charge is 2.57. The van der Waals surface area contributed by atoms with Crippen LogP contribution in [-0.4, -0.2) is 62.3 Å². The number of ketones is 2. The van der Waals surface area contributed by atoms with Gasteiger partial charge in [0, 0.05) is 25.4 Å². The van der Waals surface area contributed by atoms with Gasteiger partial charge in [-0.25, -0.2) is 0 Å². The Morgan fingerprint density at radius 3 is 2.66 bits per heavy atom. The number of quaternary nitrogens is 1. The second kappa shape index (κ2) is 6.35. The van der Waals surface area contributed by atoms with Gasteiger partial charge in [-0.2, -0.15) is 4.84 Å². The van der Waals surface area contributed by atoms with Crippen molar-refractivity contribution >= 4 is 33.6 Å². The molecule has 0 fully saturated rings. The zero-order chi connectivity index (χ0) is 20.3. The molecule has 148 valence electrons. The molecule has 0 aromatic heterocycles. The summed E-state index contributed by atoms with van der Waals surface area (Å²) in [6, 6.07) is 12.2. The third-order valence-corrected chi connectivity index (χ3v) is 6.14. The summed E-state index contributed by atoms with van der Waals surface area (Å²) in [5.74, 6) is -0.237. The first-order valence-corrected chi connectivity index (χ1v) is 9.85. The molecule has 6 nitrogen and oxygen atoms in total. The number of likely N-dealkylation sites (N-methyl/N-ethyl adjacent to an activating group) is 1. The molecule has 29 heavy (non-hydrogen) atoms. The van der Waals surface area contributed by atoms with Crippen LogP contribution in [0.4, 0.5) is 5.69 Å². The Balaban J connectivity index is 1.79. The van der Waals surface area contributed by atoms with Crippen molar-refractivity contribution in [3.05, 3.63) is 59.4 Å². The van der Waals surface area contributed by atoms with E-state index in [0.717, 1.165) is 35.1 Å². The normalized spacial score (nSPS) is 23.0. The third kappa shape index (κ3) is 2.46. The fourth-order valence-corrected chi connectivity index (χ4v) is 4.78. The molecule has 0 amide bonds. The van der Waals surface area contributed by atoms with Gasteiger partial charge >= 0.3 is 0 Å². The maximum atomic E-state index is 13.1. The number of carbonyl (C=O) groups is 2. The first kappa shape index (κ1) is 18.2. The summed E-state index contributed by atoms with van der Waals surface area (Å²) < 4.78 is 0.0617. The third-order valence-electron chi connectivity index (χ3n) is 6.14. The molecule has 0 bridgehead atoms. The maximum Gasteiger partial charge on any atom is 0.196 e. The van der Waals surface area contributed by atoms with Crippen LogP contribution >= 0.6 is 0 Å². The SMILES string of the molecule is CO[N+]12CN(CCN(C)C)C=C3C(=O)CC(=O)C(=C31)c1c2ccc2ccccc12. The lowest BCUT2D eigenvalue weighted by Crippen LogP contribution is -2.56. The van der Waals surface area contributed by atoms with Crippen LogP contribution in [-0.2, 0) is 14.4 Å². The highest BCUT2D eigenvalue weighted by molar-refractivity contribution is 6.37. The minimum absolute atomic E-state index is 0.0617. The van der Waals surface area contributed by atoms with Crippen LogP contribution in [0, 0.1) is 0 Å². The molecule has 0 saturated carbocycles. The van der Waals surface area contributed by atoms with Crippen LogP contribution < -0.4 is 4.65 Å². The molecule has 0 saturated heterocycles. The zero-order valence-electron chi connectivity index (χ0n) is 16.9. The van der Waals surface area contributed by atoms with Crippen molar-refractivity contribution in [1.82, 2.24) is 14.4 Å². The van der Waals surface area contributed by atoms with Gasteiger partial charge in [0.05, 0.1) is 30.2 Å². The van der Waals surface area contributed by atoms with Crippen molar-refractivity contribution in [2.75, 3.05) is 41.0 Å². The number of hydrogen-bond acceptors (Lipinski definition) is 5. The van der Waals surface area contributed by atoms with E-state index < -0.39 is 0 Å². The zero-order valence-corrected chi connectivity index (χ0v) is 16.9. The number of hydroxylamine groups is 2. The molecule has 2 heterocycles. The predicted octanol–water partition coefficient (Wildman–Crippen LogP) is 2.69. The van der Waals surface area contributed by atoms with E-state index in [0.29, 0.717) is 23.5 Å². The Morgan fingerprint density at radius 1 is 1.10 bits per heavy atom. The van der Waals surface area contributed by atoms with Gasteiger partial charge in [-0.1, -0.05) is 28.9 Å². The van der Waals surface area contributed by atoms with E-state index in [1.807, 2.05) is 50.6 Å². The molecular weight excluding hydrogens is 366 g/mol. The fraction of sp³-hybridized carbons (Fsp3) is 0.304. The van der Waals surface area contributed by atoms with E-state index >= 15 is 0 Å². The smallest absolute Gasteiger partial charge is 0.196 e. The topological polar surface area (TPSA) is 49.9 Å². The van der Waals surface area contributed by atoms with Crippen LogP contribution in [0.25, 0.3) is 16.3 Å². The summed E-state index contributed by atoms with van der Waals surface area (Å²) in [6.07, 6.45) is 1.84. The molecule has 1 atom stereocenters. The minimum Gasteiger partial charge on any atom is -0.326 e. The maximum absolute atomic E-state index is 13.1. The van der Waals surface area contributed by atoms with Crippen molar-refractivity contribution in [2.24, 2.45) is 0 Å². The molecule has 2 aromatic rings. The second-order valence-corrected chi connectivity index (χ2v) is 8.15. The van der Waals surface area contributed by atoms with Crippen molar-refractivity contribution < 1.29 is 14.4 Å². The lowest BCUT2D eigenvalue weighted by molar-refractivity contribution is -0.129. The summed E-state index contributed by atoms with van der Waals surface area (Å²) in [4.78, 5) is 36.4. The van der Waals surface area contributed by atoms with Crippen LogP contribution in [0.15, 0.2) is 53.9 Å². The van der Waals surface area contributed by atoms with Gasteiger partial charge < -0.3 is 9.80 Å². The summed E-state index contributed by atoms with van der Waals surface area (Å²) in [7, 11) is 5.72. The molecule has 0 spiro atoms. The van der Waals surface area contributed by atoms with Gasteiger partial charge in [-0.15, -0.1) is 0 Å². The first-order valence-electron chi connectivity index (χ1n) is 9.85. The highest BCUT2D eigenvalue weighted by atomic mass is 16.7. The van der Waals surface area contributed by atoms with Gasteiger partial charge in [-0.05, 0) is 30.9 Å². The number of carbonyl (C=O) groups excluding carboxylic acids is 2. The van der Waals surface area contributed by atoms with Gasteiger partial charge in [0.2, 0.25) is 0 Å². The number of benzene rings is 2. The summed E-state index contributed by atoms with van der Waals surface area (Å²) >= 11 is 0. The molecule has 2 aliphatic heterocycles. The number of fused-ring (bicyclic) bond motifs is 5. The number of nitrogens with zero attached hydrogens (tertiary/aromatic N) is 3. The van der Waals surface area contributed by atoms with Gasteiger partial charge in [0.1, 0.15) is 0 Å². The van der Waals surface area contributed by atoms with Crippen LogP contribution in [0.5, 0.6) is 0 Å². The predicted molar refractivity (Wildman–Crippen MR) is 113 cm³/mol. The van der Waals surface area contributed by atoms with Crippen molar-refractivity contribution in [2.45, 2.75) is 6.42 Å². The van der Waals surface area contributed by atoms with Gasteiger partial charge in [0.15, 0.2) is 29.6 Å². The van der Waals surface area contributed by atoms with E-state index in [1.165, 1.54) is 0 Å². The molecule has 5 rings (SSSR count). The molecule has 3 aliphatic rings. The van der Waals surface area contributed by atoms with Gasteiger partial charge in [-0.3, -0.25) is 9.59 Å². The summed E-state index contributed by atoms with van der Waals surface area (Å²) in [5.41, 5.74) is 3.81. The quantitative estimate of drug-likeness (QED) is 0.594. The molecule has 2 aromatic carbocycles. The Kier molecular flexibility index (Phi) is 4.00. The number of rotatable bonds is 4. The lowest BCUT2D eigenvalue weighted by atomic mass is 9.86. The minimum atomic E-state index is -0.125. The van der Waals surface area contributed by atoms with Gasteiger partial charge in [0.25, 0.3) is 0 Å². The standard InChI is InChI=1S/C23H24N3O3/c1-24(2)10-11-25-13-17-19(27)12-20(28)22-21-16-7-5-4-6-15(16)8-9-18(21)26(14-25,29-3)23(17)22/h4-9,13H,10-12,14H2,1-3H3/q+1. The number of allylic oxidation sites excluding steroid dienone is 2. The Hall–Kier alpha value is -2.80. The van der Waals surface area contributed by atoms with Crippen LogP contribution in [0.3, 0.4) is 0 Å². The first-order chi connectivity index (χ1) is 14.0. The van der Waals surface area contributed by atoms with E-state index in [4.69, 9.17) is 4.84 Å². The molecular formula is C23H24N3O3+. The van der Waals surface area contributed by atoms with E-state index in [-0.39, 0.29) is 22.6 Å². The Morgan fingerprint density at radius 2 is 1.90 bits per heavy atom. The van der Waals surface area contributed by atoms with Crippen LogP contribution in [0.2, 0.25) is 0 Å². The summed E-state index contributed by atoms with van der Waals surface area (Å²) in [6.45, 7) is 2.16. The average Bonchev–Trinajstić information content (AvgIpc) is 3.02.